The lowest BCUT2D eigenvalue weighted by Gasteiger charge is -2.00. The molecule has 0 aromatic carbocycles. The van der Waals surface area contributed by atoms with Crippen molar-refractivity contribution in [2.75, 3.05) is 7.11 Å². The molecule has 1 N–H and O–H groups in total. The van der Waals surface area contributed by atoms with E-state index in [0.29, 0.717) is 5.75 Å². The number of nitrogens with zero attached hydrogens (tertiary/aromatic N) is 1. The maximum absolute atomic E-state index is 11.1. The molecule has 0 saturated heterocycles. The van der Waals surface area contributed by atoms with Crippen LogP contribution < -0.4 is 10.3 Å². The van der Waals surface area contributed by atoms with Crippen molar-refractivity contribution in [1.82, 2.24) is 9.78 Å². The SMILES string of the molecule is COc1c[nH]n(C)c(=O)c1=S. The summed E-state index contributed by atoms with van der Waals surface area (Å²) in [6.07, 6.45) is 1.55. The molecule has 4 nitrogen and oxygen atoms in total. The van der Waals surface area contributed by atoms with Gasteiger partial charge in [0.2, 0.25) is 0 Å². The summed E-state index contributed by atoms with van der Waals surface area (Å²) in [6, 6.07) is 0. The van der Waals surface area contributed by atoms with Crippen LogP contribution in [0.3, 0.4) is 0 Å². The Morgan fingerprint density at radius 3 is 2.91 bits per heavy atom. The number of aromatic amines is 1. The molecule has 1 aromatic rings. The van der Waals surface area contributed by atoms with Gasteiger partial charge in [-0.15, -0.1) is 0 Å². The highest BCUT2D eigenvalue weighted by Crippen LogP contribution is 2.04. The summed E-state index contributed by atoms with van der Waals surface area (Å²) in [6.45, 7) is 0. The van der Waals surface area contributed by atoms with E-state index in [9.17, 15) is 4.79 Å². The van der Waals surface area contributed by atoms with Crippen LogP contribution in [0, 0.1) is 4.51 Å². The summed E-state index contributed by atoms with van der Waals surface area (Å²) < 4.78 is 6.33. The van der Waals surface area contributed by atoms with Crippen molar-refractivity contribution in [3.63, 3.8) is 0 Å². The van der Waals surface area contributed by atoms with Gasteiger partial charge < -0.3 is 4.74 Å². The number of hydrogen-bond acceptors (Lipinski definition) is 3. The zero-order chi connectivity index (χ0) is 8.43. The number of ether oxygens (including phenoxy) is 1. The van der Waals surface area contributed by atoms with Crippen LogP contribution in [0.1, 0.15) is 0 Å². The first kappa shape index (κ1) is 8.00. The molecule has 0 radical (unpaired) electrons. The normalized spacial score (nSPS) is 9.64. The highest BCUT2D eigenvalue weighted by atomic mass is 32.1. The lowest BCUT2D eigenvalue weighted by atomic mass is 10.5. The summed E-state index contributed by atoms with van der Waals surface area (Å²) in [5.74, 6) is 0.406. The van der Waals surface area contributed by atoms with E-state index in [1.54, 1.807) is 13.2 Å². The van der Waals surface area contributed by atoms with Gasteiger partial charge in [-0.3, -0.25) is 14.6 Å². The zero-order valence-corrected chi connectivity index (χ0v) is 7.07. The maximum atomic E-state index is 11.1. The predicted octanol–water partition coefficient (Wildman–Crippen LogP) is 0.451. The number of hydrogen-bond donors (Lipinski definition) is 1. The zero-order valence-electron chi connectivity index (χ0n) is 6.25. The van der Waals surface area contributed by atoms with Gasteiger partial charge in [-0.25, -0.2) is 0 Å². The molecule has 1 rings (SSSR count). The highest BCUT2D eigenvalue weighted by molar-refractivity contribution is 7.71. The Morgan fingerprint density at radius 1 is 1.73 bits per heavy atom. The van der Waals surface area contributed by atoms with Gasteiger partial charge in [-0.1, -0.05) is 12.2 Å². The maximum Gasteiger partial charge on any atom is 0.286 e. The smallest absolute Gasteiger partial charge is 0.286 e. The molecule has 11 heavy (non-hydrogen) atoms. The van der Waals surface area contributed by atoms with Crippen molar-refractivity contribution in [2.45, 2.75) is 0 Å². The van der Waals surface area contributed by atoms with Crippen LogP contribution in [0.4, 0.5) is 0 Å². The van der Waals surface area contributed by atoms with Crippen molar-refractivity contribution in [3.8, 4) is 5.75 Å². The minimum atomic E-state index is -0.251. The highest BCUT2D eigenvalue weighted by Gasteiger charge is 1.98. The molecule has 0 aliphatic carbocycles. The Bertz CT molecular complexity index is 366. The van der Waals surface area contributed by atoms with Gasteiger partial charge in [-0.05, 0) is 0 Å². The van der Waals surface area contributed by atoms with Crippen LogP contribution in [0.15, 0.2) is 11.0 Å². The van der Waals surface area contributed by atoms with E-state index < -0.39 is 0 Å². The van der Waals surface area contributed by atoms with E-state index in [4.69, 9.17) is 17.0 Å². The summed E-state index contributed by atoms with van der Waals surface area (Å²) in [5.41, 5.74) is -0.251. The Morgan fingerprint density at radius 2 is 2.36 bits per heavy atom. The standard InChI is InChI=1S/C6H8N2O2S/c1-8-6(9)5(11)4(10-2)3-7-8/h3,7H,1-2H3. The molecule has 0 fully saturated rings. The van der Waals surface area contributed by atoms with Gasteiger partial charge in [0, 0.05) is 7.05 Å². The summed E-state index contributed by atoms with van der Waals surface area (Å²) >= 11 is 4.80. The second-order valence-electron chi connectivity index (χ2n) is 2.04. The first-order valence-corrected chi connectivity index (χ1v) is 3.40. The molecule has 0 atom stereocenters. The molecular formula is C6H8N2O2S. The average Bonchev–Trinajstić information content (AvgIpc) is 2.01. The monoisotopic (exact) mass is 172 g/mol. The molecule has 0 aliphatic heterocycles. The number of methoxy groups -OCH3 is 1. The minimum absolute atomic E-state index is 0.203. The van der Waals surface area contributed by atoms with Gasteiger partial charge in [0.15, 0.2) is 5.75 Å². The van der Waals surface area contributed by atoms with Gasteiger partial charge >= 0.3 is 0 Å². The Labute approximate surface area is 68.4 Å². The number of aromatic nitrogens is 2. The second-order valence-corrected chi connectivity index (χ2v) is 2.44. The molecule has 0 aliphatic rings. The Balaban J connectivity index is 3.51. The molecule has 5 heteroatoms. The number of rotatable bonds is 1. The van der Waals surface area contributed by atoms with Crippen molar-refractivity contribution < 1.29 is 4.74 Å². The van der Waals surface area contributed by atoms with Gasteiger partial charge in [0.25, 0.3) is 5.56 Å². The lowest BCUT2D eigenvalue weighted by Crippen LogP contribution is -2.19. The fraction of sp³-hybridized carbons (Fsp3) is 0.333. The molecule has 1 heterocycles. The van der Waals surface area contributed by atoms with E-state index in [-0.39, 0.29) is 10.1 Å². The van der Waals surface area contributed by atoms with Gasteiger partial charge in [-0.2, -0.15) is 0 Å². The van der Waals surface area contributed by atoms with Crippen LogP contribution in [0.2, 0.25) is 0 Å². The van der Waals surface area contributed by atoms with Gasteiger partial charge in [0.05, 0.1) is 13.3 Å². The van der Waals surface area contributed by atoms with E-state index in [1.807, 2.05) is 0 Å². The first-order valence-electron chi connectivity index (χ1n) is 2.99. The minimum Gasteiger partial charge on any atom is -0.493 e. The van der Waals surface area contributed by atoms with Crippen molar-refractivity contribution in [1.29, 1.82) is 0 Å². The predicted molar refractivity (Wildman–Crippen MR) is 43.4 cm³/mol. The largest absolute Gasteiger partial charge is 0.493 e. The summed E-state index contributed by atoms with van der Waals surface area (Å²) in [5, 5.41) is 2.67. The van der Waals surface area contributed by atoms with E-state index >= 15 is 0 Å². The lowest BCUT2D eigenvalue weighted by molar-refractivity contribution is 0.406. The van der Waals surface area contributed by atoms with Crippen LogP contribution in [0.25, 0.3) is 0 Å². The fourth-order valence-electron chi connectivity index (χ4n) is 0.689. The molecule has 0 saturated carbocycles. The van der Waals surface area contributed by atoms with Crippen LogP contribution in [-0.4, -0.2) is 16.9 Å². The quantitative estimate of drug-likeness (QED) is 0.626. The number of H-pyrrole nitrogens is 1. The molecule has 60 valence electrons. The molecular weight excluding hydrogens is 164 g/mol. The topological polar surface area (TPSA) is 47.0 Å². The van der Waals surface area contributed by atoms with Crippen molar-refractivity contribution in [3.05, 3.63) is 21.1 Å². The Kier molecular flexibility index (Phi) is 2.09. The second kappa shape index (κ2) is 2.87. The van der Waals surface area contributed by atoms with Crippen LogP contribution in [0.5, 0.6) is 5.75 Å². The van der Waals surface area contributed by atoms with Crippen molar-refractivity contribution in [2.24, 2.45) is 7.05 Å². The summed E-state index contributed by atoms with van der Waals surface area (Å²) in [4.78, 5) is 11.1. The third-order valence-corrected chi connectivity index (χ3v) is 1.71. The van der Waals surface area contributed by atoms with E-state index in [2.05, 4.69) is 5.10 Å². The van der Waals surface area contributed by atoms with Crippen LogP contribution >= 0.6 is 12.2 Å². The molecule has 1 aromatic heterocycles. The van der Waals surface area contributed by atoms with E-state index in [1.165, 1.54) is 11.8 Å². The van der Waals surface area contributed by atoms with E-state index in [0.717, 1.165) is 0 Å². The molecule has 0 bridgehead atoms. The number of nitrogens with one attached hydrogen (secondary N) is 1. The molecule has 0 amide bonds. The van der Waals surface area contributed by atoms with Gasteiger partial charge in [0.1, 0.15) is 4.51 Å². The van der Waals surface area contributed by atoms with Crippen molar-refractivity contribution >= 4 is 12.2 Å². The Hall–Kier alpha value is -1.10. The third-order valence-electron chi connectivity index (χ3n) is 1.33. The number of aryl methyl sites for hydroxylation is 1. The molecule has 0 spiro atoms. The average molecular weight is 172 g/mol. The molecule has 0 unspecified atom stereocenters. The third kappa shape index (κ3) is 1.32. The fourth-order valence-corrected chi connectivity index (χ4v) is 0.968. The summed E-state index contributed by atoms with van der Waals surface area (Å²) in [7, 11) is 3.07. The van der Waals surface area contributed by atoms with Crippen LogP contribution in [-0.2, 0) is 7.05 Å². The first-order chi connectivity index (χ1) is 5.16.